The predicted molar refractivity (Wildman–Crippen MR) is 110 cm³/mol. The Morgan fingerprint density at radius 1 is 1.34 bits per heavy atom. The molecule has 1 aliphatic rings. The molecular formula is C22H32N2O5. The average molecular weight is 405 g/mol. The first-order valence-electron chi connectivity index (χ1n) is 10.0. The molecule has 160 valence electrons. The molecule has 0 bridgehead atoms. The van der Waals surface area contributed by atoms with Crippen molar-refractivity contribution >= 4 is 12.1 Å². The number of hydrogen-bond donors (Lipinski definition) is 0. The second-order valence-corrected chi connectivity index (χ2v) is 8.22. The number of carbonyl (C=O) groups is 2. The van der Waals surface area contributed by atoms with Gasteiger partial charge in [-0.15, -0.1) is 0 Å². The Labute approximate surface area is 173 Å². The molecule has 7 heteroatoms. The standard InChI is InChI=1S/C22H32N2O5/c1-16(28-18-7-6-13-23-15-18)8-9-17-10-11-19(20(25)27-5)24(14-12-17)21(26)29-22(2,3)4/h6-7,10,13,15-16,19H,8-9,11-12,14H2,1-5H3. The van der Waals surface area contributed by atoms with Gasteiger partial charge >= 0.3 is 12.1 Å². The molecule has 2 heterocycles. The Bertz CT molecular complexity index is 712. The fourth-order valence-corrected chi connectivity index (χ4v) is 3.15. The van der Waals surface area contributed by atoms with Crippen molar-refractivity contribution in [1.82, 2.24) is 9.88 Å². The Hall–Kier alpha value is -2.57. The maximum atomic E-state index is 12.6. The molecule has 1 aromatic rings. The summed E-state index contributed by atoms with van der Waals surface area (Å²) in [6, 6.07) is 3.05. The van der Waals surface area contributed by atoms with Crippen molar-refractivity contribution in [3.8, 4) is 5.75 Å². The lowest BCUT2D eigenvalue weighted by Crippen LogP contribution is -2.47. The van der Waals surface area contributed by atoms with Crippen LogP contribution in [0.3, 0.4) is 0 Å². The number of nitrogens with zero attached hydrogens (tertiary/aromatic N) is 2. The molecule has 0 aliphatic carbocycles. The summed E-state index contributed by atoms with van der Waals surface area (Å²) < 4.78 is 16.3. The number of methoxy groups -OCH3 is 1. The van der Waals surface area contributed by atoms with Crippen molar-refractivity contribution < 1.29 is 23.8 Å². The van der Waals surface area contributed by atoms with Crippen LogP contribution in [0.4, 0.5) is 4.79 Å². The van der Waals surface area contributed by atoms with Gasteiger partial charge in [-0.25, -0.2) is 9.59 Å². The number of aromatic nitrogens is 1. The van der Waals surface area contributed by atoms with Crippen LogP contribution in [0, 0.1) is 0 Å². The van der Waals surface area contributed by atoms with Crippen molar-refractivity contribution in [3.05, 3.63) is 36.2 Å². The highest BCUT2D eigenvalue weighted by Crippen LogP contribution is 2.24. The van der Waals surface area contributed by atoms with Gasteiger partial charge < -0.3 is 14.2 Å². The molecule has 0 aromatic carbocycles. The second-order valence-electron chi connectivity index (χ2n) is 8.22. The minimum atomic E-state index is -0.670. The highest BCUT2D eigenvalue weighted by molar-refractivity contribution is 5.81. The van der Waals surface area contributed by atoms with Crippen LogP contribution in [0.5, 0.6) is 5.75 Å². The maximum Gasteiger partial charge on any atom is 0.411 e. The molecule has 29 heavy (non-hydrogen) atoms. The molecule has 0 spiro atoms. The van der Waals surface area contributed by atoms with Crippen molar-refractivity contribution in [2.45, 2.75) is 71.1 Å². The highest BCUT2D eigenvalue weighted by atomic mass is 16.6. The molecule has 1 aromatic heterocycles. The summed E-state index contributed by atoms with van der Waals surface area (Å²) in [4.78, 5) is 30.4. The number of pyridine rings is 1. The molecule has 1 aliphatic heterocycles. The third-order valence-corrected chi connectivity index (χ3v) is 4.62. The fourth-order valence-electron chi connectivity index (χ4n) is 3.15. The van der Waals surface area contributed by atoms with E-state index in [1.54, 1.807) is 12.4 Å². The Morgan fingerprint density at radius 3 is 2.72 bits per heavy atom. The molecule has 0 N–H and O–H groups in total. The van der Waals surface area contributed by atoms with E-state index in [0.717, 1.165) is 18.6 Å². The van der Waals surface area contributed by atoms with E-state index >= 15 is 0 Å². The first-order valence-corrected chi connectivity index (χ1v) is 10.0. The fraction of sp³-hybridized carbons (Fsp3) is 0.591. The summed E-state index contributed by atoms with van der Waals surface area (Å²) in [5.74, 6) is 0.318. The van der Waals surface area contributed by atoms with Crippen LogP contribution in [0.15, 0.2) is 36.2 Å². The van der Waals surface area contributed by atoms with Crippen molar-refractivity contribution in [2.75, 3.05) is 13.7 Å². The Balaban J connectivity index is 1.97. The van der Waals surface area contributed by atoms with Gasteiger partial charge in [0.15, 0.2) is 0 Å². The maximum absolute atomic E-state index is 12.6. The normalized spacial score (nSPS) is 18.3. The highest BCUT2D eigenvalue weighted by Gasteiger charge is 2.34. The van der Waals surface area contributed by atoms with Gasteiger partial charge in [0.25, 0.3) is 0 Å². The zero-order valence-electron chi connectivity index (χ0n) is 18.0. The van der Waals surface area contributed by atoms with Crippen molar-refractivity contribution in [2.24, 2.45) is 0 Å². The third-order valence-electron chi connectivity index (χ3n) is 4.62. The molecule has 2 unspecified atom stereocenters. The average Bonchev–Trinajstić information content (AvgIpc) is 2.88. The number of amides is 1. The van der Waals surface area contributed by atoms with E-state index in [2.05, 4.69) is 4.98 Å². The van der Waals surface area contributed by atoms with E-state index in [0.29, 0.717) is 19.4 Å². The van der Waals surface area contributed by atoms with Crippen LogP contribution in [-0.2, 0) is 14.3 Å². The van der Waals surface area contributed by atoms with E-state index < -0.39 is 23.7 Å². The van der Waals surface area contributed by atoms with Crippen molar-refractivity contribution in [1.29, 1.82) is 0 Å². The van der Waals surface area contributed by atoms with Crippen LogP contribution in [0.1, 0.15) is 53.4 Å². The van der Waals surface area contributed by atoms with Gasteiger partial charge in [-0.3, -0.25) is 9.88 Å². The lowest BCUT2D eigenvalue weighted by Gasteiger charge is -2.30. The second kappa shape index (κ2) is 10.3. The van der Waals surface area contributed by atoms with E-state index in [1.807, 2.05) is 45.9 Å². The number of ether oxygens (including phenoxy) is 3. The summed E-state index contributed by atoms with van der Waals surface area (Å²) >= 11 is 0. The molecular weight excluding hydrogens is 372 g/mol. The van der Waals surface area contributed by atoms with Crippen LogP contribution in [0.25, 0.3) is 0 Å². The predicted octanol–water partition coefficient (Wildman–Crippen LogP) is 4.13. The zero-order valence-corrected chi connectivity index (χ0v) is 18.0. The number of esters is 1. The summed E-state index contributed by atoms with van der Waals surface area (Å²) in [7, 11) is 1.34. The summed E-state index contributed by atoms with van der Waals surface area (Å²) in [6.07, 6.45) is 7.75. The van der Waals surface area contributed by atoms with E-state index in [4.69, 9.17) is 14.2 Å². The van der Waals surface area contributed by atoms with Gasteiger partial charge in [-0.2, -0.15) is 0 Å². The quantitative estimate of drug-likeness (QED) is 0.524. The largest absolute Gasteiger partial charge is 0.489 e. The first kappa shape index (κ1) is 22.7. The molecule has 0 radical (unpaired) electrons. The molecule has 7 nitrogen and oxygen atoms in total. The van der Waals surface area contributed by atoms with Crippen LogP contribution in [-0.4, -0.2) is 53.3 Å². The van der Waals surface area contributed by atoms with Crippen LogP contribution < -0.4 is 4.74 Å². The molecule has 2 atom stereocenters. The number of hydrogen-bond acceptors (Lipinski definition) is 6. The van der Waals surface area contributed by atoms with E-state index in [9.17, 15) is 9.59 Å². The van der Waals surface area contributed by atoms with Gasteiger partial charge in [-0.1, -0.05) is 11.6 Å². The van der Waals surface area contributed by atoms with Gasteiger partial charge in [0.1, 0.15) is 17.4 Å². The summed E-state index contributed by atoms with van der Waals surface area (Å²) in [5, 5.41) is 0. The molecule has 2 rings (SSSR count). The van der Waals surface area contributed by atoms with Gasteiger partial charge in [0.2, 0.25) is 0 Å². The lowest BCUT2D eigenvalue weighted by atomic mass is 10.0. The molecule has 0 saturated carbocycles. The minimum Gasteiger partial charge on any atom is -0.489 e. The molecule has 1 amide bonds. The molecule has 0 fully saturated rings. The number of carbonyl (C=O) groups excluding carboxylic acids is 2. The smallest absolute Gasteiger partial charge is 0.411 e. The topological polar surface area (TPSA) is 78.0 Å². The van der Waals surface area contributed by atoms with Gasteiger partial charge in [0, 0.05) is 12.7 Å². The Morgan fingerprint density at radius 2 is 2.10 bits per heavy atom. The van der Waals surface area contributed by atoms with Crippen LogP contribution in [0.2, 0.25) is 0 Å². The Kier molecular flexibility index (Phi) is 8.05. The number of rotatable bonds is 6. The van der Waals surface area contributed by atoms with E-state index in [-0.39, 0.29) is 6.10 Å². The summed E-state index contributed by atoms with van der Waals surface area (Å²) in [5.41, 5.74) is 0.575. The monoisotopic (exact) mass is 404 g/mol. The van der Waals surface area contributed by atoms with E-state index in [1.165, 1.54) is 17.6 Å². The van der Waals surface area contributed by atoms with Gasteiger partial charge in [0.05, 0.1) is 19.4 Å². The lowest BCUT2D eigenvalue weighted by molar-refractivity contribution is -0.146. The molecule has 0 saturated heterocycles. The minimum absolute atomic E-state index is 0.0294. The summed E-state index contributed by atoms with van der Waals surface area (Å²) in [6.45, 7) is 7.86. The van der Waals surface area contributed by atoms with Crippen LogP contribution >= 0.6 is 0 Å². The zero-order chi connectivity index (χ0) is 21.4. The van der Waals surface area contributed by atoms with Gasteiger partial charge in [-0.05, 0) is 65.5 Å². The van der Waals surface area contributed by atoms with Crippen molar-refractivity contribution in [3.63, 3.8) is 0 Å². The third kappa shape index (κ3) is 7.40. The SMILES string of the molecule is COC(=O)C1CC=C(CCC(C)Oc2cccnc2)CCN1C(=O)OC(C)(C)C. The first-order chi connectivity index (χ1) is 13.7.